The van der Waals surface area contributed by atoms with Gasteiger partial charge in [-0.25, -0.2) is 13.6 Å². The molecule has 2 aliphatic carbocycles. The van der Waals surface area contributed by atoms with E-state index in [9.17, 15) is 26.7 Å². The van der Waals surface area contributed by atoms with Crippen molar-refractivity contribution in [2.75, 3.05) is 0 Å². The molecule has 0 aliphatic heterocycles. The zero-order chi connectivity index (χ0) is 29.2. The van der Waals surface area contributed by atoms with Crippen LogP contribution in [-0.2, 0) is 25.2 Å². The van der Waals surface area contributed by atoms with Crippen LogP contribution in [0.1, 0.15) is 74.4 Å². The van der Waals surface area contributed by atoms with Crippen molar-refractivity contribution in [1.82, 2.24) is 29.0 Å². The van der Waals surface area contributed by atoms with Crippen LogP contribution in [0.15, 0.2) is 53.8 Å². The van der Waals surface area contributed by atoms with E-state index in [1.807, 2.05) is 6.92 Å². The Balaban J connectivity index is 1.44. The first kappa shape index (κ1) is 27.6. The normalized spacial score (nSPS) is 19.8. The molecule has 3 heterocycles. The lowest BCUT2D eigenvalue weighted by atomic mass is 9.67. The first-order chi connectivity index (χ1) is 19.3. The number of benzene rings is 1. The highest BCUT2D eigenvalue weighted by molar-refractivity contribution is 5.58. The van der Waals surface area contributed by atoms with Gasteiger partial charge in [-0.2, -0.15) is 13.2 Å². The minimum atomic E-state index is -4.68. The SMILES string of the molecule is Cn1cnnc1C1(c2cccc(-n3cc4c(C(F)(F)F)cc(CNC5(C)CCC5)cn4c3=O)c2)CCC(F)(F)CC1. The van der Waals surface area contributed by atoms with Crippen molar-refractivity contribution in [3.05, 3.63) is 82.1 Å². The van der Waals surface area contributed by atoms with Crippen molar-refractivity contribution in [3.8, 4) is 5.69 Å². The Labute approximate surface area is 233 Å². The van der Waals surface area contributed by atoms with Gasteiger partial charge in [0.2, 0.25) is 5.92 Å². The zero-order valence-electron chi connectivity index (χ0n) is 22.8. The summed E-state index contributed by atoms with van der Waals surface area (Å²) in [5, 5.41) is 11.5. The van der Waals surface area contributed by atoms with Crippen LogP contribution in [0.3, 0.4) is 0 Å². The predicted octanol–water partition coefficient (Wildman–Crippen LogP) is 5.77. The van der Waals surface area contributed by atoms with Crippen LogP contribution >= 0.6 is 0 Å². The maximum Gasteiger partial charge on any atom is 0.418 e. The molecule has 7 nitrogen and oxygen atoms in total. The molecule has 0 radical (unpaired) electrons. The molecule has 12 heteroatoms. The Morgan fingerprint density at radius 2 is 1.76 bits per heavy atom. The maximum atomic E-state index is 14.2. The molecule has 4 aromatic rings. The number of nitrogens with zero attached hydrogens (tertiary/aromatic N) is 5. The van der Waals surface area contributed by atoms with Gasteiger partial charge in [0.05, 0.1) is 22.2 Å². The van der Waals surface area contributed by atoms with Gasteiger partial charge in [-0.1, -0.05) is 12.1 Å². The van der Waals surface area contributed by atoms with Gasteiger partial charge in [0.25, 0.3) is 0 Å². The van der Waals surface area contributed by atoms with Gasteiger partial charge in [-0.3, -0.25) is 8.97 Å². The van der Waals surface area contributed by atoms with Crippen molar-refractivity contribution < 1.29 is 22.0 Å². The van der Waals surface area contributed by atoms with Gasteiger partial charge in [-0.15, -0.1) is 10.2 Å². The molecule has 0 saturated heterocycles. The average molecular weight is 575 g/mol. The molecule has 0 amide bonds. The summed E-state index contributed by atoms with van der Waals surface area (Å²) < 4.78 is 75.0. The van der Waals surface area contributed by atoms with Crippen molar-refractivity contribution in [2.45, 2.75) is 81.5 Å². The monoisotopic (exact) mass is 574 g/mol. The molecule has 1 aromatic carbocycles. The molecule has 6 rings (SSSR count). The van der Waals surface area contributed by atoms with Gasteiger partial charge < -0.3 is 9.88 Å². The van der Waals surface area contributed by atoms with Crippen LogP contribution in [0.2, 0.25) is 0 Å². The van der Waals surface area contributed by atoms with E-state index in [2.05, 4.69) is 15.5 Å². The van der Waals surface area contributed by atoms with E-state index in [0.717, 1.165) is 29.7 Å². The lowest BCUT2D eigenvalue weighted by Gasteiger charge is -2.39. The smallest absolute Gasteiger partial charge is 0.320 e. The van der Waals surface area contributed by atoms with E-state index in [0.29, 0.717) is 22.6 Å². The number of hydrogen-bond donors (Lipinski definition) is 1. The number of rotatable bonds is 6. The van der Waals surface area contributed by atoms with Crippen molar-refractivity contribution in [2.24, 2.45) is 7.05 Å². The molecule has 1 N–H and O–H groups in total. The van der Waals surface area contributed by atoms with Crippen molar-refractivity contribution in [1.29, 1.82) is 0 Å². The average Bonchev–Trinajstić information content (AvgIpc) is 3.49. The third-order valence-electron chi connectivity index (χ3n) is 8.96. The molecule has 0 unspecified atom stereocenters. The van der Waals surface area contributed by atoms with Gasteiger partial charge in [-0.05, 0) is 68.4 Å². The number of nitrogens with one attached hydrogen (secondary N) is 1. The number of aromatic nitrogens is 5. The number of hydrogen-bond acceptors (Lipinski definition) is 4. The van der Waals surface area contributed by atoms with Crippen molar-refractivity contribution in [3.63, 3.8) is 0 Å². The molecule has 2 aliphatic rings. The molecule has 0 atom stereocenters. The number of pyridine rings is 1. The first-order valence-corrected chi connectivity index (χ1v) is 13.7. The fourth-order valence-corrected chi connectivity index (χ4v) is 6.31. The molecular formula is C29H31F5N6O. The maximum absolute atomic E-state index is 14.2. The third-order valence-corrected chi connectivity index (χ3v) is 8.96. The number of halogens is 5. The second-order valence-corrected chi connectivity index (χ2v) is 11.8. The lowest BCUT2D eigenvalue weighted by molar-refractivity contribution is -0.136. The fraction of sp³-hybridized carbons (Fsp3) is 0.483. The van der Waals surface area contributed by atoms with Crippen LogP contribution < -0.4 is 11.0 Å². The summed E-state index contributed by atoms with van der Waals surface area (Å²) in [5.74, 6) is -2.27. The number of aryl methyl sites for hydroxylation is 1. The van der Waals surface area contributed by atoms with Crippen LogP contribution in [0.25, 0.3) is 11.2 Å². The summed E-state index contributed by atoms with van der Waals surface area (Å²) >= 11 is 0. The molecule has 0 spiro atoms. The zero-order valence-corrected chi connectivity index (χ0v) is 22.8. The Morgan fingerprint density at radius 3 is 2.37 bits per heavy atom. The number of alkyl halides is 5. The molecule has 218 valence electrons. The van der Waals surface area contributed by atoms with Crippen LogP contribution in [0.5, 0.6) is 0 Å². The predicted molar refractivity (Wildman–Crippen MR) is 142 cm³/mol. The second kappa shape index (κ2) is 9.50. The van der Waals surface area contributed by atoms with Crippen molar-refractivity contribution >= 4 is 5.52 Å². The van der Waals surface area contributed by atoms with Crippen LogP contribution in [-0.4, -0.2) is 35.2 Å². The highest BCUT2D eigenvalue weighted by atomic mass is 19.4. The summed E-state index contributed by atoms with van der Waals surface area (Å²) in [5.41, 5.74) is -1.47. The molecule has 3 aromatic heterocycles. The van der Waals surface area contributed by atoms with E-state index in [4.69, 9.17) is 0 Å². The minimum Gasteiger partial charge on any atom is -0.320 e. The van der Waals surface area contributed by atoms with E-state index in [1.165, 1.54) is 23.3 Å². The van der Waals surface area contributed by atoms with E-state index in [1.54, 1.807) is 35.9 Å². The number of fused-ring (bicyclic) bond motifs is 1. The standard InChI is InChI=1S/C29H31F5N6O/c1-26(7-4-8-26)35-15-19-13-22(29(32,33)34)23-17-39(25(41)40(23)16-19)21-6-3-5-20(14-21)27(24-37-36-18-38(24)2)9-11-28(30,31)12-10-27/h3,5-6,13-14,16-18,35H,4,7-12,15H2,1-2H3. The molecule has 0 bridgehead atoms. The largest absolute Gasteiger partial charge is 0.418 e. The number of imidazole rings is 1. The highest BCUT2D eigenvalue weighted by Crippen LogP contribution is 2.49. The Morgan fingerprint density at radius 1 is 1.02 bits per heavy atom. The molecule has 41 heavy (non-hydrogen) atoms. The molecular weight excluding hydrogens is 543 g/mol. The Hall–Kier alpha value is -3.54. The summed E-state index contributed by atoms with van der Waals surface area (Å²) in [4.78, 5) is 13.6. The highest BCUT2D eigenvalue weighted by Gasteiger charge is 2.48. The summed E-state index contributed by atoms with van der Waals surface area (Å²) in [6, 6.07) is 7.87. The van der Waals surface area contributed by atoms with Gasteiger partial charge in [0.15, 0.2) is 0 Å². The van der Waals surface area contributed by atoms with E-state index >= 15 is 0 Å². The van der Waals surface area contributed by atoms with E-state index in [-0.39, 0.29) is 43.3 Å². The summed E-state index contributed by atoms with van der Waals surface area (Å²) in [7, 11) is 1.75. The van der Waals surface area contributed by atoms with Gasteiger partial charge >= 0.3 is 11.9 Å². The summed E-state index contributed by atoms with van der Waals surface area (Å²) in [6.45, 7) is 2.24. The molecule has 2 saturated carbocycles. The molecule has 2 fully saturated rings. The van der Waals surface area contributed by atoms with E-state index < -0.39 is 28.8 Å². The Bertz CT molecular complexity index is 1650. The quantitative estimate of drug-likeness (QED) is 0.297. The van der Waals surface area contributed by atoms with Gasteiger partial charge in [0, 0.05) is 44.4 Å². The van der Waals surface area contributed by atoms with Crippen LogP contribution in [0, 0.1) is 0 Å². The topological polar surface area (TPSA) is 69.2 Å². The minimum absolute atomic E-state index is 0.107. The lowest BCUT2D eigenvalue weighted by Crippen LogP contribution is -2.47. The Kier molecular flexibility index (Phi) is 6.40. The van der Waals surface area contributed by atoms with Crippen LogP contribution in [0.4, 0.5) is 22.0 Å². The third kappa shape index (κ3) is 4.85. The van der Waals surface area contributed by atoms with Gasteiger partial charge in [0.1, 0.15) is 12.2 Å². The fourth-order valence-electron chi connectivity index (χ4n) is 6.31. The first-order valence-electron chi connectivity index (χ1n) is 13.7. The second-order valence-electron chi connectivity index (χ2n) is 11.8. The summed E-state index contributed by atoms with van der Waals surface area (Å²) in [6.07, 6.45) is 1.97.